The van der Waals surface area contributed by atoms with Crippen LogP contribution in [0.3, 0.4) is 0 Å². The van der Waals surface area contributed by atoms with E-state index in [0.717, 1.165) is 37.7 Å². The van der Waals surface area contributed by atoms with Crippen LogP contribution in [0.4, 0.5) is 0 Å². The van der Waals surface area contributed by atoms with Crippen LogP contribution in [0.15, 0.2) is 30.3 Å². The van der Waals surface area contributed by atoms with Gasteiger partial charge in [-0.15, -0.1) is 0 Å². The Balaban J connectivity index is 1.32. The lowest BCUT2D eigenvalue weighted by Crippen LogP contribution is -2.59. The van der Waals surface area contributed by atoms with Crippen LogP contribution in [0.2, 0.25) is 0 Å². The standard InChI is InChI=1S/C34H48O5/c1-21(11-14-31(37)24-9-7-6-8-10-24)27-12-13-28-26-20-32(39-23(3)36)30-19-25(38-22(2)35)15-17-34(30,5)29(26)16-18-33(27,28)4/h6-10,21,25-30,32H,11-20H2,1-5H3/t21-,25-,26+,27-,28+,29+,30+,32+,33-,34-/m1/s1. The number of ether oxygens (including phenoxy) is 2. The van der Waals surface area contributed by atoms with E-state index in [1.807, 2.05) is 30.3 Å². The van der Waals surface area contributed by atoms with Crippen molar-refractivity contribution in [1.82, 2.24) is 0 Å². The van der Waals surface area contributed by atoms with Crippen molar-refractivity contribution < 1.29 is 23.9 Å². The quantitative estimate of drug-likeness (QED) is 0.268. The Morgan fingerprint density at radius 2 is 1.51 bits per heavy atom. The minimum Gasteiger partial charge on any atom is -0.463 e. The molecule has 0 spiro atoms. The van der Waals surface area contributed by atoms with Gasteiger partial charge in [0.1, 0.15) is 12.2 Å². The molecule has 0 unspecified atom stereocenters. The monoisotopic (exact) mass is 536 g/mol. The molecule has 0 radical (unpaired) electrons. The molecule has 39 heavy (non-hydrogen) atoms. The lowest BCUT2D eigenvalue weighted by Gasteiger charge is -2.62. The zero-order valence-electron chi connectivity index (χ0n) is 24.6. The first-order valence-corrected chi connectivity index (χ1v) is 15.5. The molecule has 5 heteroatoms. The van der Waals surface area contributed by atoms with Gasteiger partial charge in [-0.3, -0.25) is 14.4 Å². The van der Waals surface area contributed by atoms with E-state index in [1.165, 1.54) is 39.5 Å². The van der Waals surface area contributed by atoms with Gasteiger partial charge in [-0.2, -0.15) is 0 Å². The predicted octanol–water partition coefficient (Wildman–Crippen LogP) is 7.42. The summed E-state index contributed by atoms with van der Waals surface area (Å²) >= 11 is 0. The van der Waals surface area contributed by atoms with Gasteiger partial charge in [0.25, 0.3) is 0 Å². The smallest absolute Gasteiger partial charge is 0.302 e. The highest BCUT2D eigenvalue weighted by atomic mass is 16.5. The van der Waals surface area contributed by atoms with Gasteiger partial charge in [-0.1, -0.05) is 51.1 Å². The van der Waals surface area contributed by atoms with Crippen LogP contribution in [0.5, 0.6) is 0 Å². The minimum absolute atomic E-state index is 0.0700. The van der Waals surface area contributed by atoms with E-state index in [0.29, 0.717) is 36.0 Å². The van der Waals surface area contributed by atoms with Crippen molar-refractivity contribution in [2.45, 2.75) is 111 Å². The number of hydrogen-bond donors (Lipinski definition) is 0. The number of carbonyl (C=O) groups is 3. The third-order valence-corrected chi connectivity index (χ3v) is 11.9. The number of hydrogen-bond acceptors (Lipinski definition) is 5. The van der Waals surface area contributed by atoms with Gasteiger partial charge in [0.2, 0.25) is 0 Å². The van der Waals surface area contributed by atoms with E-state index in [4.69, 9.17) is 9.47 Å². The minimum atomic E-state index is -0.216. The lowest BCUT2D eigenvalue weighted by molar-refractivity contribution is -0.197. The van der Waals surface area contributed by atoms with Crippen molar-refractivity contribution in [3.8, 4) is 0 Å². The molecular formula is C34H48O5. The van der Waals surface area contributed by atoms with E-state index in [9.17, 15) is 14.4 Å². The first-order chi connectivity index (χ1) is 18.5. The second-order valence-electron chi connectivity index (χ2n) is 13.9. The molecule has 0 heterocycles. The maximum atomic E-state index is 12.8. The molecule has 0 saturated heterocycles. The highest BCUT2D eigenvalue weighted by Gasteiger charge is 2.63. The summed E-state index contributed by atoms with van der Waals surface area (Å²) in [7, 11) is 0. The van der Waals surface area contributed by atoms with Crippen LogP contribution in [-0.2, 0) is 19.1 Å². The van der Waals surface area contributed by atoms with Crippen molar-refractivity contribution in [3.05, 3.63) is 35.9 Å². The fraction of sp³-hybridized carbons (Fsp3) is 0.735. The molecule has 1 aromatic rings. The van der Waals surface area contributed by atoms with Gasteiger partial charge >= 0.3 is 11.9 Å². The molecule has 4 saturated carbocycles. The molecule has 5 rings (SSSR count). The fourth-order valence-corrected chi connectivity index (χ4v) is 10.2. The van der Waals surface area contributed by atoms with E-state index in [2.05, 4.69) is 20.8 Å². The van der Waals surface area contributed by atoms with Crippen LogP contribution in [0, 0.1) is 46.3 Å². The Morgan fingerprint density at radius 1 is 0.846 bits per heavy atom. The summed E-state index contributed by atoms with van der Waals surface area (Å²) in [5.74, 6) is 3.04. The topological polar surface area (TPSA) is 69.7 Å². The molecule has 10 atom stereocenters. The average Bonchev–Trinajstić information content (AvgIpc) is 3.25. The van der Waals surface area contributed by atoms with Crippen LogP contribution in [0.1, 0.15) is 109 Å². The number of ketones is 1. The largest absolute Gasteiger partial charge is 0.463 e. The van der Waals surface area contributed by atoms with E-state index in [1.54, 1.807) is 0 Å². The van der Waals surface area contributed by atoms with E-state index >= 15 is 0 Å². The second-order valence-corrected chi connectivity index (χ2v) is 13.9. The second kappa shape index (κ2) is 11.0. The summed E-state index contributed by atoms with van der Waals surface area (Å²) in [5.41, 5.74) is 1.20. The Hall–Kier alpha value is -2.17. The van der Waals surface area contributed by atoms with Gasteiger partial charge in [-0.25, -0.2) is 0 Å². The summed E-state index contributed by atoms with van der Waals surface area (Å²) < 4.78 is 11.7. The molecule has 0 aromatic heterocycles. The predicted molar refractivity (Wildman–Crippen MR) is 151 cm³/mol. The number of rotatable bonds is 7. The van der Waals surface area contributed by atoms with Crippen molar-refractivity contribution in [3.63, 3.8) is 0 Å². The Morgan fingerprint density at radius 3 is 2.21 bits per heavy atom. The van der Waals surface area contributed by atoms with Crippen LogP contribution >= 0.6 is 0 Å². The van der Waals surface area contributed by atoms with Gasteiger partial charge in [-0.05, 0) is 98.2 Å². The molecule has 4 fully saturated rings. The summed E-state index contributed by atoms with van der Waals surface area (Å²) in [4.78, 5) is 36.8. The molecule has 5 nitrogen and oxygen atoms in total. The molecule has 0 N–H and O–H groups in total. The first-order valence-electron chi connectivity index (χ1n) is 15.5. The SMILES string of the molecule is CC(=O)O[C@@H]1CC[C@]2(C)[C@H]3CC[C@]4(C)[C@@H]([C@H](C)CCC(=O)c5ccccc5)CC[C@H]4[C@@H]3C[C@H](OC(C)=O)[C@@H]2C1. The molecule has 1 aromatic carbocycles. The lowest BCUT2D eigenvalue weighted by atomic mass is 9.43. The molecule has 0 bridgehead atoms. The van der Waals surface area contributed by atoms with Crippen LogP contribution in [-0.4, -0.2) is 29.9 Å². The Labute approximate surface area is 234 Å². The number of benzene rings is 1. The van der Waals surface area contributed by atoms with Crippen molar-refractivity contribution >= 4 is 17.7 Å². The third kappa shape index (κ3) is 5.32. The van der Waals surface area contributed by atoms with E-state index < -0.39 is 0 Å². The van der Waals surface area contributed by atoms with Gasteiger partial charge in [0.05, 0.1) is 0 Å². The Kier molecular flexibility index (Phi) is 8.01. The van der Waals surface area contributed by atoms with Crippen molar-refractivity contribution in [1.29, 1.82) is 0 Å². The summed E-state index contributed by atoms with van der Waals surface area (Å²) in [5, 5.41) is 0. The van der Waals surface area contributed by atoms with Crippen LogP contribution < -0.4 is 0 Å². The zero-order valence-corrected chi connectivity index (χ0v) is 24.6. The summed E-state index contributed by atoms with van der Waals surface area (Å²) in [6.45, 7) is 10.4. The van der Waals surface area contributed by atoms with Gasteiger partial charge in [0, 0.05) is 31.7 Å². The maximum Gasteiger partial charge on any atom is 0.302 e. The number of esters is 2. The third-order valence-electron chi connectivity index (χ3n) is 11.9. The molecule has 0 aliphatic heterocycles. The van der Waals surface area contributed by atoms with Crippen LogP contribution in [0.25, 0.3) is 0 Å². The molecule has 4 aliphatic carbocycles. The highest BCUT2D eigenvalue weighted by molar-refractivity contribution is 5.95. The van der Waals surface area contributed by atoms with Gasteiger partial charge < -0.3 is 9.47 Å². The number of Topliss-reactive ketones (excluding diaryl/α,β-unsaturated/α-hetero) is 1. The maximum absolute atomic E-state index is 12.8. The molecule has 214 valence electrons. The summed E-state index contributed by atoms with van der Waals surface area (Å²) in [6.07, 6.45) is 10.00. The zero-order chi connectivity index (χ0) is 27.9. The van der Waals surface area contributed by atoms with Crippen molar-refractivity contribution in [2.24, 2.45) is 46.3 Å². The summed E-state index contributed by atoms with van der Waals surface area (Å²) in [6, 6.07) is 9.70. The highest BCUT2D eigenvalue weighted by Crippen LogP contribution is 2.68. The normalized spacial score (nSPS) is 40.0. The number of fused-ring (bicyclic) bond motifs is 5. The Bertz CT molecular complexity index is 1070. The van der Waals surface area contributed by atoms with Gasteiger partial charge in [0.15, 0.2) is 5.78 Å². The molecular weight excluding hydrogens is 488 g/mol. The molecule has 0 amide bonds. The fourth-order valence-electron chi connectivity index (χ4n) is 10.2. The van der Waals surface area contributed by atoms with Crippen molar-refractivity contribution in [2.75, 3.05) is 0 Å². The molecule has 4 aliphatic rings. The average molecular weight is 537 g/mol. The number of carbonyl (C=O) groups excluding carboxylic acids is 3. The first kappa shape index (κ1) is 28.4. The van der Waals surface area contributed by atoms with E-state index in [-0.39, 0.29) is 46.7 Å².